The van der Waals surface area contributed by atoms with E-state index in [1.54, 1.807) is 0 Å². The zero-order chi connectivity index (χ0) is 22.4. The zero-order valence-corrected chi connectivity index (χ0v) is 18.2. The second-order valence-corrected chi connectivity index (χ2v) is 10.2. The number of ether oxygens (including phenoxy) is 1. The van der Waals surface area contributed by atoms with Gasteiger partial charge in [0.15, 0.2) is 0 Å². The molecule has 4 fully saturated rings. The third kappa shape index (κ3) is 3.15. The first kappa shape index (κ1) is 20.5. The predicted octanol–water partition coefficient (Wildman–Crippen LogP) is 4.09. The lowest BCUT2D eigenvalue weighted by Gasteiger charge is -2.33. The normalized spacial score (nSPS) is 33.9. The van der Waals surface area contributed by atoms with Crippen LogP contribution in [0.3, 0.4) is 0 Å². The summed E-state index contributed by atoms with van der Waals surface area (Å²) >= 11 is 0. The molecule has 2 saturated heterocycles. The smallest absolute Gasteiger partial charge is 0.383 e. The van der Waals surface area contributed by atoms with Crippen molar-refractivity contribution in [3.63, 3.8) is 0 Å². The van der Waals surface area contributed by atoms with Gasteiger partial charge in [-0.15, -0.1) is 0 Å². The molecule has 6 nitrogen and oxygen atoms in total. The standard InChI is InChI=1S/C23H28F3N5O/c1-11(2)31-20(7-19(29-31)12-3-18(23(24,25)26)22(27)28-8-12)21-16-5-13(6-17(16)21)30-9-15-4-14(30)10-32-15/h3,7-8,11,13-17,21H,4-6,9-10H2,1-2H3,(H2,27,28)/t13?,14-,15-,16-,17+,21-/m1/s1. The zero-order valence-electron chi connectivity index (χ0n) is 18.2. The fraction of sp³-hybridized carbons (Fsp3) is 0.652. The van der Waals surface area contributed by atoms with Crippen LogP contribution in [0.2, 0.25) is 0 Å². The Labute approximate surface area is 184 Å². The molecule has 6 rings (SSSR count). The van der Waals surface area contributed by atoms with Gasteiger partial charge in [-0.25, -0.2) is 4.98 Å². The number of morpholine rings is 1. The Morgan fingerprint density at radius 2 is 1.88 bits per heavy atom. The number of aromatic nitrogens is 3. The molecular weight excluding hydrogens is 419 g/mol. The topological polar surface area (TPSA) is 69.2 Å². The van der Waals surface area contributed by atoms with Crippen molar-refractivity contribution in [3.05, 3.63) is 29.6 Å². The second-order valence-electron chi connectivity index (χ2n) is 10.2. The Morgan fingerprint density at radius 3 is 2.47 bits per heavy atom. The maximum Gasteiger partial charge on any atom is 0.419 e. The van der Waals surface area contributed by atoms with Crippen LogP contribution in [0.5, 0.6) is 0 Å². The van der Waals surface area contributed by atoms with Crippen LogP contribution in [-0.2, 0) is 10.9 Å². The van der Waals surface area contributed by atoms with Gasteiger partial charge < -0.3 is 10.5 Å². The Morgan fingerprint density at radius 1 is 1.12 bits per heavy atom. The molecule has 2 saturated carbocycles. The van der Waals surface area contributed by atoms with Crippen molar-refractivity contribution in [2.75, 3.05) is 18.9 Å². The van der Waals surface area contributed by atoms with Crippen LogP contribution < -0.4 is 5.73 Å². The van der Waals surface area contributed by atoms with Crippen molar-refractivity contribution < 1.29 is 17.9 Å². The quantitative estimate of drug-likeness (QED) is 0.765. The summed E-state index contributed by atoms with van der Waals surface area (Å²) in [7, 11) is 0. The van der Waals surface area contributed by atoms with Gasteiger partial charge in [-0.3, -0.25) is 9.58 Å². The minimum absolute atomic E-state index is 0.131. The largest absolute Gasteiger partial charge is 0.419 e. The lowest BCUT2D eigenvalue weighted by atomic mass is 10.0. The first-order valence-corrected chi connectivity index (χ1v) is 11.5. The number of hydrogen-bond acceptors (Lipinski definition) is 5. The average molecular weight is 448 g/mol. The number of alkyl halides is 3. The molecule has 1 unspecified atom stereocenters. The lowest BCUT2D eigenvalue weighted by molar-refractivity contribution is -0.137. The van der Waals surface area contributed by atoms with E-state index in [9.17, 15) is 13.2 Å². The molecule has 4 aliphatic rings. The minimum atomic E-state index is -4.54. The fourth-order valence-corrected chi connectivity index (χ4v) is 6.45. The maximum absolute atomic E-state index is 13.3. The number of nitrogen functional groups attached to an aromatic ring is 1. The SMILES string of the molecule is CC(C)n1nc(-c2cnc(N)c(C(F)(F)F)c2)cc1[C@@H]1[C@@H]2CC(N3C[C@H]4C[C@@H]3CO4)C[C@@H]21. The molecule has 9 heteroatoms. The highest BCUT2D eigenvalue weighted by molar-refractivity contribution is 5.63. The molecule has 2 bridgehead atoms. The number of nitrogens with two attached hydrogens (primary N) is 1. The van der Waals surface area contributed by atoms with Gasteiger partial charge in [0.25, 0.3) is 0 Å². The van der Waals surface area contributed by atoms with E-state index in [0.29, 0.717) is 47.2 Å². The van der Waals surface area contributed by atoms with E-state index >= 15 is 0 Å². The Hall–Kier alpha value is -2.13. The summed E-state index contributed by atoms with van der Waals surface area (Å²) in [6.45, 7) is 6.06. The summed E-state index contributed by atoms with van der Waals surface area (Å²) in [5.74, 6) is 1.21. The number of nitrogens with zero attached hydrogens (tertiary/aromatic N) is 4. The maximum atomic E-state index is 13.3. The van der Waals surface area contributed by atoms with Crippen molar-refractivity contribution in [1.82, 2.24) is 19.7 Å². The number of fused-ring (bicyclic) bond motifs is 3. The van der Waals surface area contributed by atoms with Gasteiger partial charge in [0.2, 0.25) is 0 Å². The van der Waals surface area contributed by atoms with Gasteiger partial charge in [0.1, 0.15) is 5.82 Å². The highest BCUT2D eigenvalue weighted by Crippen LogP contribution is 2.64. The summed E-state index contributed by atoms with van der Waals surface area (Å²) in [4.78, 5) is 6.46. The van der Waals surface area contributed by atoms with Crippen molar-refractivity contribution in [2.45, 2.75) is 69.4 Å². The first-order chi connectivity index (χ1) is 15.2. The molecule has 0 aromatic carbocycles. The van der Waals surface area contributed by atoms with Crippen LogP contribution in [0.25, 0.3) is 11.3 Å². The number of hydrogen-bond donors (Lipinski definition) is 1. The van der Waals surface area contributed by atoms with Crippen molar-refractivity contribution in [2.24, 2.45) is 11.8 Å². The highest BCUT2D eigenvalue weighted by atomic mass is 19.4. The van der Waals surface area contributed by atoms with Crippen LogP contribution in [0.15, 0.2) is 18.3 Å². The van der Waals surface area contributed by atoms with E-state index in [1.165, 1.54) is 25.5 Å². The molecule has 0 spiro atoms. The van der Waals surface area contributed by atoms with E-state index < -0.39 is 17.6 Å². The second kappa shape index (κ2) is 6.93. The summed E-state index contributed by atoms with van der Waals surface area (Å²) in [6, 6.07) is 4.40. The third-order valence-corrected chi connectivity index (χ3v) is 7.95. The molecule has 2 aromatic rings. The number of pyridine rings is 1. The molecule has 2 aliphatic heterocycles. The van der Waals surface area contributed by atoms with E-state index in [1.807, 2.05) is 10.7 Å². The fourth-order valence-electron chi connectivity index (χ4n) is 6.45. The average Bonchev–Trinajstić information content (AvgIpc) is 3.31. The number of likely N-dealkylation sites (tertiary alicyclic amines) is 1. The lowest BCUT2D eigenvalue weighted by Crippen LogP contribution is -2.43. The number of anilines is 1. The molecule has 0 radical (unpaired) electrons. The molecule has 6 atom stereocenters. The highest BCUT2D eigenvalue weighted by Gasteiger charge is 2.60. The molecular formula is C23H28F3N5O. The molecule has 2 aliphatic carbocycles. The Kier molecular flexibility index (Phi) is 4.44. The van der Waals surface area contributed by atoms with Crippen LogP contribution in [0.1, 0.15) is 56.3 Å². The monoisotopic (exact) mass is 447 g/mol. The molecule has 2 aromatic heterocycles. The summed E-state index contributed by atoms with van der Waals surface area (Å²) < 4.78 is 47.7. The van der Waals surface area contributed by atoms with E-state index in [0.717, 1.165) is 24.9 Å². The number of halogens is 3. The van der Waals surface area contributed by atoms with Gasteiger partial charge in [-0.2, -0.15) is 18.3 Å². The summed E-state index contributed by atoms with van der Waals surface area (Å²) in [5.41, 5.74) is 6.58. The van der Waals surface area contributed by atoms with Gasteiger partial charge in [0.05, 0.1) is 24.0 Å². The van der Waals surface area contributed by atoms with Crippen LogP contribution in [0, 0.1) is 11.8 Å². The van der Waals surface area contributed by atoms with E-state index in [2.05, 4.69) is 23.7 Å². The van der Waals surface area contributed by atoms with Crippen LogP contribution in [0.4, 0.5) is 19.0 Å². The summed E-state index contributed by atoms with van der Waals surface area (Å²) in [6.07, 6.45) is 0.827. The minimum Gasteiger partial charge on any atom is -0.383 e. The molecule has 172 valence electrons. The van der Waals surface area contributed by atoms with Crippen LogP contribution >= 0.6 is 0 Å². The van der Waals surface area contributed by atoms with Gasteiger partial charge in [-0.1, -0.05) is 0 Å². The molecule has 32 heavy (non-hydrogen) atoms. The van der Waals surface area contributed by atoms with E-state index in [-0.39, 0.29) is 6.04 Å². The van der Waals surface area contributed by atoms with Gasteiger partial charge in [0, 0.05) is 48.0 Å². The first-order valence-electron chi connectivity index (χ1n) is 11.5. The number of rotatable bonds is 4. The van der Waals surface area contributed by atoms with Crippen LogP contribution in [-0.4, -0.2) is 51.0 Å². The van der Waals surface area contributed by atoms with Gasteiger partial charge in [-0.05, 0) is 57.1 Å². The van der Waals surface area contributed by atoms with Crippen molar-refractivity contribution in [1.29, 1.82) is 0 Å². The molecule has 0 amide bonds. The van der Waals surface area contributed by atoms with E-state index in [4.69, 9.17) is 15.6 Å². The third-order valence-electron chi connectivity index (χ3n) is 7.95. The van der Waals surface area contributed by atoms with Crippen molar-refractivity contribution in [3.8, 4) is 11.3 Å². The molecule has 4 heterocycles. The predicted molar refractivity (Wildman–Crippen MR) is 113 cm³/mol. The molecule has 2 N–H and O–H groups in total. The van der Waals surface area contributed by atoms with Gasteiger partial charge >= 0.3 is 6.18 Å². The van der Waals surface area contributed by atoms with Crippen molar-refractivity contribution >= 4 is 5.82 Å². The summed E-state index contributed by atoms with van der Waals surface area (Å²) in [5, 5.41) is 4.69. The Balaban J connectivity index is 1.24. The Bertz CT molecular complexity index is 1040.